The molecular weight excluding hydrogens is 360 g/mol. The molecule has 0 radical (unpaired) electrons. The number of methoxy groups -OCH3 is 2. The van der Waals surface area contributed by atoms with Crippen LogP contribution in [0.4, 0.5) is 0 Å². The lowest BCUT2D eigenvalue weighted by Crippen LogP contribution is -2.32. The molecule has 7 heteroatoms. The number of nitrogens with one attached hydrogen (secondary N) is 1. The standard InChI is InChI=1S/C20H28N4O2S/c1-14-13-16(15(2)23(14)9-11-25-3)19-18(17-7-5-6-8-21-17)22-20(27)24(19)10-12-26-4/h5-8,13,18-19H,9-12H2,1-4H3,(H,22,27)/t18-,19+/m1/s1. The van der Waals surface area contributed by atoms with Crippen molar-refractivity contribution in [2.75, 3.05) is 34.0 Å². The third-order valence-electron chi connectivity index (χ3n) is 5.18. The molecule has 2 aromatic heterocycles. The van der Waals surface area contributed by atoms with Gasteiger partial charge in [0.15, 0.2) is 5.11 Å². The number of pyridine rings is 1. The van der Waals surface area contributed by atoms with Crippen molar-refractivity contribution in [3.05, 3.63) is 53.1 Å². The van der Waals surface area contributed by atoms with Crippen LogP contribution in [0.15, 0.2) is 30.5 Å². The predicted molar refractivity (Wildman–Crippen MR) is 110 cm³/mol. The second-order valence-electron chi connectivity index (χ2n) is 6.78. The maximum Gasteiger partial charge on any atom is 0.170 e. The van der Waals surface area contributed by atoms with Gasteiger partial charge in [0.2, 0.25) is 0 Å². The molecule has 3 rings (SSSR count). The lowest BCUT2D eigenvalue weighted by Gasteiger charge is -2.28. The molecule has 2 aromatic rings. The smallest absolute Gasteiger partial charge is 0.170 e. The Morgan fingerprint density at radius 1 is 1.15 bits per heavy atom. The number of hydrogen-bond donors (Lipinski definition) is 1. The van der Waals surface area contributed by atoms with E-state index in [0.717, 1.165) is 23.9 Å². The van der Waals surface area contributed by atoms with Gasteiger partial charge in [0.1, 0.15) is 0 Å². The van der Waals surface area contributed by atoms with Crippen LogP contribution in [0, 0.1) is 13.8 Å². The first-order chi connectivity index (χ1) is 13.1. The number of nitrogens with zero attached hydrogens (tertiary/aromatic N) is 3. The summed E-state index contributed by atoms with van der Waals surface area (Å²) in [5, 5.41) is 4.23. The highest BCUT2D eigenvalue weighted by Gasteiger charge is 2.41. The van der Waals surface area contributed by atoms with Crippen molar-refractivity contribution in [1.82, 2.24) is 19.8 Å². The van der Waals surface area contributed by atoms with Gasteiger partial charge in [0, 0.05) is 44.9 Å². The largest absolute Gasteiger partial charge is 0.383 e. The van der Waals surface area contributed by atoms with Gasteiger partial charge in [0.05, 0.1) is 31.0 Å². The Bertz CT molecular complexity index is 778. The molecular formula is C20H28N4O2S. The van der Waals surface area contributed by atoms with Crippen LogP contribution in [-0.2, 0) is 16.0 Å². The van der Waals surface area contributed by atoms with Gasteiger partial charge in [-0.3, -0.25) is 4.98 Å². The molecule has 0 unspecified atom stereocenters. The first-order valence-electron chi connectivity index (χ1n) is 9.21. The van der Waals surface area contributed by atoms with E-state index in [1.165, 1.54) is 17.0 Å². The summed E-state index contributed by atoms with van der Waals surface area (Å²) in [7, 11) is 3.45. The van der Waals surface area contributed by atoms with Gasteiger partial charge in [-0.1, -0.05) is 6.07 Å². The second-order valence-corrected chi connectivity index (χ2v) is 7.17. The lowest BCUT2D eigenvalue weighted by molar-refractivity contribution is 0.163. The highest BCUT2D eigenvalue weighted by molar-refractivity contribution is 7.80. The molecule has 0 aromatic carbocycles. The average molecular weight is 389 g/mol. The molecule has 0 spiro atoms. The van der Waals surface area contributed by atoms with E-state index in [9.17, 15) is 0 Å². The van der Waals surface area contributed by atoms with Crippen LogP contribution in [0.5, 0.6) is 0 Å². The summed E-state index contributed by atoms with van der Waals surface area (Å²) >= 11 is 5.67. The molecule has 1 saturated heterocycles. The SMILES string of the molecule is COCCN1C(=S)N[C@H](c2ccccn2)[C@@H]1c1cc(C)n(CCOC)c1C. The number of thiocarbonyl (C=S) groups is 1. The van der Waals surface area contributed by atoms with Crippen LogP contribution in [0.25, 0.3) is 0 Å². The third-order valence-corrected chi connectivity index (χ3v) is 5.54. The normalized spacial score (nSPS) is 19.6. The molecule has 2 atom stereocenters. The van der Waals surface area contributed by atoms with E-state index in [0.29, 0.717) is 13.2 Å². The minimum absolute atomic E-state index is 0.00642. The fourth-order valence-electron chi connectivity index (χ4n) is 3.83. The van der Waals surface area contributed by atoms with Gasteiger partial charge >= 0.3 is 0 Å². The number of ether oxygens (including phenoxy) is 2. The Morgan fingerprint density at radius 2 is 1.89 bits per heavy atom. The molecule has 1 aliphatic rings. The molecule has 0 aliphatic carbocycles. The van der Waals surface area contributed by atoms with Gasteiger partial charge in [-0.15, -0.1) is 0 Å². The van der Waals surface area contributed by atoms with Crippen molar-refractivity contribution >= 4 is 17.3 Å². The molecule has 27 heavy (non-hydrogen) atoms. The topological polar surface area (TPSA) is 51.5 Å². The first kappa shape index (κ1) is 19.8. The fourth-order valence-corrected chi connectivity index (χ4v) is 4.16. The Balaban J connectivity index is 2.02. The minimum atomic E-state index is 0.00642. The fraction of sp³-hybridized carbons (Fsp3) is 0.500. The summed E-state index contributed by atoms with van der Waals surface area (Å²) < 4.78 is 12.9. The molecule has 6 nitrogen and oxygen atoms in total. The third kappa shape index (κ3) is 4.00. The van der Waals surface area contributed by atoms with Crippen LogP contribution in [0.3, 0.4) is 0 Å². The molecule has 1 fully saturated rings. The molecule has 1 aliphatic heterocycles. The van der Waals surface area contributed by atoms with Crippen molar-refractivity contribution in [1.29, 1.82) is 0 Å². The maximum absolute atomic E-state index is 5.67. The van der Waals surface area contributed by atoms with Gasteiger partial charge in [0.25, 0.3) is 0 Å². The van der Waals surface area contributed by atoms with E-state index in [-0.39, 0.29) is 12.1 Å². The van der Waals surface area contributed by atoms with Crippen molar-refractivity contribution in [3.8, 4) is 0 Å². The van der Waals surface area contributed by atoms with E-state index >= 15 is 0 Å². The van der Waals surface area contributed by atoms with Gasteiger partial charge in [-0.05, 0) is 49.8 Å². The predicted octanol–water partition coefficient (Wildman–Crippen LogP) is 2.77. The van der Waals surface area contributed by atoms with E-state index in [4.69, 9.17) is 21.7 Å². The van der Waals surface area contributed by atoms with E-state index in [1.54, 1.807) is 14.2 Å². The van der Waals surface area contributed by atoms with Crippen molar-refractivity contribution in [3.63, 3.8) is 0 Å². The monoisotopic (exact) mass is 388 g/mol. The zero-order valence-electron chi connectivity index (χ0n) is 16.4. The number of rotatable bonds is 8. The van der Waals surface area contributed by atoms with Crippen molar-refractivity contribution in [2.24, 2.45) is 0 Å². The maximum atomic E-state index is 5.67. The Kier molecular flexibility index (Phi) is 6.46. The van der Waals surface area contributed by atoms with Gasteiger partial charge in [-0.2, -0.15) is 0 Å². The average Bonchev–Trinajstić information content (AvgIpc) is 3.15. The molecule has 0 bridgehead atoms. The van der Waals surface area contributed by atoms with Crippen LogP contribution < -0.4 is 5.32 Å². The van der Waals surface area contributed by atoms with Crippen molar-refractivity contribution in [2.45, 2.75) is 32.5 Å². The van der Waals surface area contributed by atoms with Crippen molar-refractivity contribution < 1.29 is 9.47 Å². The van der Waals surface area contributed by atoms with Gasteiger partial charge in [-0.25, -0.2) is 0 Å². The van der Waals surface area contributed by atoms with Crippen LogP contribution in [0.2, 0.25) is 0 Å². The minimum Gasteiger partial charge on any atom is -0.383 e. The van der Waals surface area contributed by atoms with Crippen LogP contribution in [-0.4, -0.2) is 53.5 Å². The van der Waals surface area contributed by atoms with E-state index < -0.39 is 0 Å². The summed E-state index contributed by atoms with van der Waals surface area (Å²) in [6.45, 7) is 7.19. The zero-order valence-corrected chi connectivity index (χ0v) is 17.3. The van der Waals surface area contributed by atoms with Crippen LogP contribution >= 0.6 is 12.2 Å². The Morgan fingerprint density at radius 3 is 2.56 bits per heavy atom. The van der Waals surface area contributed by atoms with E-state index in [2.05, 4.69) is 45.7 Å². The van der Waals surface area contributed by atoms with E-state index in [1.807, 2.05) is 18.3 Å². The summed E-state index contributed by atoms with van der Waals surface area (Å²) in [5.74, 6) is 0. The quantitative estimate of drug-likeness (QED) is 0.702. The summed E-state index contributed by atoms with van der Waals surface area (Å²) in [5.41, 5.74) is 4.72. The Hall–Kier alpha value is -1.96. The molecule has 0 amide bonds. The van der Waals surface area contributed by atoms with Gasteiger partial charge < -0.3 is 24.3 Å². The highest BCUT2D eigenvalue weighted by atomic mass is 32.1. The summed E-state index contributed by atoms with van der Waals surface area (Å²) in [6, 6.07) is 8.35. The number of aryl methyl sites for hydroxylation is 1. The molecule has 0 saturated carbocycles. The van der Waals surface area contributed by atoms with Crippen LogP contribution in [0.1, 0.15) is 34.7 Å². The zero-order chi connectivity index (χ0) is 19.4. The first-order valence-corrected chi connectivity index (χ1v) is 9.61. The number of hydrogen-bond acceptors (Lipinski definition) is 4. The summed E-state index contributed by atoms with van der Waals surface area (Å²) in [6.07, 6.45) is 1.83. The highest BCUT2D eigenvalue weighted by Crippen LogP contribution is 2.40. The second kappa shape index (κ2) is 8.82. The lowest BCUT2D eigenvalue weighted by atomic mass is 9.97. The Labute approximate surface area is 166 Å². The summed E-state index contributed by atoms with van der Waals surface area (Å²) in [4.78, 5) is 6.81. The number of aromatic nitrogens is 2. The molecule has 146 valence electrons. The molecule has 3 heterocycles. The molecule has 1 N–H and O–H groups in total.